The fraction of sp³-hybridized carbons (Fsp3) is 0.600. The Kier molecular flexibility index (Phi) is 3.82. The Morgan fingerprint density at radius 1 is 1.38 bits per heavy atom. The van der Waals surface area contributed by atoms with Crippen molar-refractivity contribution in [2.45, 2.75) is 0 Å². The van der Waals surface area contributed by atoms with Gasteiger partial charge in [-0.05, 0) is 0 Å². The Balaban J connectivity index is 4.57. The molecule has 13 heavy (non-hydrogen) atoms. The lowest BCUT2D eigenvalue weighted by atomic mass is 10.5. The Hall–Kier alpha value is -1.15. The van der Waals surface area contributed by atoms with E-state index < -0.39 is 35.0 Å². The number of primary amides is 1. The number of amides is 1. The van der Waals surface area contributed by atoms with Gasteiger partial charge in [0.15, 0.2) is 0 Å². The summed E-state index contributed by atoms with van der Waals surface area (Å²) in [4.78, 5) is 20.5. The summed E-state index contributed by atoms with van der Waals surface area (Å²) < 4.78 is 22.2. The highest BCUT2D eigenvalue weighted by molar-refractivity contribution is 7.88. The fourth-order valence-electron chi connectivity index (χ4n) is 0.615. The Morgan fingerprint density at radius 2 is 1.85 bits per heavy atom. The molecule has 0 rings (SSSR count). The molecule has 0 radical (unpaired) electrons. The van der Waals surface area contributed by atoms with Gasteiger partial charge in [0.1, 0.15) is 6.54 Å². The molecule has 0 spiro atoms. The first-order valence-electron chi connectivity index (χ1n) is 3.18. The van der Waals surface area contributed by atoms with Crippen LogP contribution >= 0.6 is 0 Å². The highest BCUT2D eigenvalue weighted by atomic mass is 32.2. The minimum atomic E-state index is -3.70. The number of hydrogen-bond donors (Lipinski definition) is 2. The quantitative estimate of drug-likeness (QED) is 0.534. The number of hydrogen-bond acceptors (Lipinski definition) is 4. The third kappa shape index (κ3) is 5.15. The molecule has 1 amide bonds. The maximum atomic E-state index is 10.9. The number of carbonyl (C=O) groups excluding carboxylic acids is 1. The fourth-order valence-corrected chi connectivity index (χ4v) is 1.32. The van der Waals surface area contributed by atoms with E-state index in [1.807, 2.05) is 0 Å². The molecule has 76 valence electrons. The normalized spacial score (nSPS) is 11.5. The molecule has 3 N–H and O–H groups in total. The first-order valence-corrected chi connectivity index (χ1v) is 5.03. The van der Waals surface area contributed by atoms with Crippen molar-refractivity contribution in [2.24, 2.45) is 5.73 Å². The summed E-state index contributed by atoms with van der Waals surface area (Å²) in [5.41, 5.74) is 4.73. The molecule has 0 fully saturated rings. The third-order valence-electron chi connectivity index (χ3n) is 1.11. The van der Waals surface area contributed by atoms with Gasteiger partial charge < -0.3 is 10.8 Å². The topological polar surface area (TPSA) is 118 Å². The van der Waals surface area contributed by atoms with Crippen molar-refractivity contribution in [2.75, 3.05) is 19.3 Å². The molecule has 0 aliphatic heterocycles. The van der Waals surface area contributed by atoms with Gasteiger partial charge in [-0.2, -0.15) is 4.31 Å². The van der Waals surface area contributed by atoms with Gasteiger partial charge in [0.2, 0.25) is 15.9 Å². The van der Waals surface area contributed by atoms with Crippen molar-refractivity contribution >= 4 is 21.9 Å². The highest BCUT2D eigenvalue weighted by Gasteiger charge is 2.21. The van der Waals surface area contributed by atoms with Gasteiger partial charge in [-0.1, -0.05) is 0 Å². The maximum absolute atomic E-state index is 10.9. The lowest BCUT2D eigenvalue weighted by Crippen LogP contribution is -2.40. The van der Waals surface area contributed by atoms with Gasteiger partial charge in [0.05, 0.1) is 12.8 Å². The molecule has 0 saturated heterocycles. The van der Waals surface area contributed by atoms with Crippen molar-refractivity contribution in [1.82, 2.24) is 4.31 Å². The van der Waals surface area contributed by atoms with Crippen LogP contribution in [0.25, 0.3) is 0 Å². The largest absolute Gasteiger partial charge is 0.480 e. The second-order valence-corrected chi connectivity index (χ2v) is 4.37. The van der Waals surface area contributed by atoms with Crippen LogP contribution in [0.4, 0.5) is 0 Å². The number of aliphatic carboxylic acids is 1. The van der Waals surface area contributed by atoms with E-state index in [4.69, 9.17) is 10.8 Å². The van der Waals surface area contributed by atoms with E-state index >= 15 is 0 Å². The van der Waals surface area contributed by atoms with Crippen molar-refractivity contribution in [3.05, 3.63) is 0 Å². The molecule has 0 aliphatic carbocycles. The zero-order valence-electron chi connectivity index (χ0n) is 6.93. The van der Waals surface area contributed by atoms with E-state index in [-0.39, 0.29) is 0 Å². The van der Waals surface area contributed by atoms with E-state index in [1.165, 1.54) is 0 Å². The zero-order chi connectivity index (χ0) is 10.6. The van der Waals surface area contributed by atoms with Crippen molar-refractivity contribution in [3.8, 4) is 0 Å². The van der Waals surface area contributed by atoms with E-state index in [0.717, 1.165) is 6.26 Å². The predicted molar refractivity (Wildman–Crippen MR) is 43.2 cm³/mol. The van der Waals surface area contributed by atoms with Crippen LogP contribution in [0.2, 0.25) is 0 Å². The molecule has 0 bridgehead atoms. The summed E-state index contributed by atoms with van der Waals surface area (Å²) >= 11 is 0. The average molecular weight is 210 g/mol. The highest BCUT2D eigenvalue weighted by Crippen LogP contribution is 1.95. The number of carboxylic acid groups (broad SMARTS) is 1. The lowest BCUT2D eigenvalue weighted by molar-refractivity contribution is -0.137. The van der Waals surface area contributed by atoms with Crippen LogP contribution in [0.1, 0.15) is 0 Å². The lowest BCUT2D eigenvalue weighted by Gasteiger charge is -2.14. The smallest absolute Gasteiger partial charge is 0.318 e. The van der Waals surface area contributed by atoms with Crippen LogP contribution in [-0.4, -0.2) is 49.1 Å². The van der Waals surface area contributed by atoms with Crippen LogP contribution in [0.15, 0.2) is 0 Å². The van der Waals surface area contributed by atoms with Crippen molar-refractivity contribution in [3.63, 3.8) is 0 Å². The van der Waals surface area contributed by atoms with E-state index in [2.05, 4.69) is 0 Å². The summed E-state index contributed by atoms with van der Waals surface area (Å²) in [7, 11) is -3.70. The molecule has 0 aromatic rings. The number of nitrogens with two attached hydrogens (primary N) is 1. The molecule has 0 atom stereocenters. The summed E-state index contributed by atoms with van der Waals surface area (Å²) in [6.07, 6.45) is 0.804. The van der Waals surface area contributed by atoms with Crippen LogP contribution in [0, 0.1) is 0 Å². The first kappa shape index (κ1) is 11.8. The van der Waals surface area contributed by atoms with Gasteiger partial charge in [0, 0.05) is 0 Å². The maximum Gasteiger partial charge on any atom is 0.318 e. The summed E-state index contributed by atoms with van der Waals surface area (Å²) in [6.45, 7) is -1.38. The summed E-state index contributed by atoms with van der Waals surface area (Å²) in [5.74, 6) is -2.24. The second kappa shape index (κ2) is 4.19. The van der Waals surface area contributed by atoms with E-state index in [0.29, 0.717) is 4.31 Å². The average Bonchev–Trinajstić information content (AvgIpc) is 1.81. The summed E-state index contributed by atoms with van der Waals surface area (Å²) in [5, 5.41) is 8.30. The molecule has 0 aromatic carbocycles. The molecule has 0 saturated carbocycles. The molecule has 7 nitrogen and oxygen atoms in total. The molecular formula is C5H10N2O5S. The van der Waals surface area contributed by atoms with Gasteiger partial charge >= 0.3 is 5.97 Å². The third-order valence-corrected chi connectivity index (χ3v) is 2.31. The molecule has 0 aliphatic rings. The molecule has 0 unspecified atom stereocenters. The molecule has 0 aromatic heterocycles. The van der Waals surface area contributed by atoms with Crippen LogP contribution in [0.5, 0.6) is 0 Å². The number of carbonyl (C=O) groups is 2. The van der Waals surface area contributed by atoms with Gasteiger partial charge in [-0.15, -0.1) is 0 Å². The molecule has 0 heterocycles. The van der Waals surface area contributed by atoms with E-state index in [9.17, 15) is 18.0 Å². The molecule has 8 heteroatoms. The second-order valence-electron chi connectivity index (χ2n) is 2.39. The standard InChI is InChI=1S/C5H10N2O5S/c1-13(11,12)7(2-4(6)8)3-5(9)10/h2-3H2,1H3,(H2,6,8)(H,9,10). The van der Waals surface area contributed by atoms with Gasteiger partial charge in [-0.25, -0.2) is 8.42 Å². The summed E-state index contributed by atoms with van der Waals surface area (Å²) in [6, 6.07) is 0. The minimum absolute atomic E-state index is 0.484. The molecular weight excluding hydrogens is 200 g/mol. The van der Waals surface area contributed by atoms with Gasteiger partial charge in [0.25, 0.3) is 0 Å². The van der Waals surface area contributed by atoms with Crippen LogP contribution in [-0.2, 0) is 19.6 Å². The predicted octanol–water partition coefficient (Wildman–Crippen LogP) is -2.18. The SMILES string of the molecule is CS(=O)(=O)N(CC(N)=O)CC(=O)O. The van der Waals surface area contributed by atoms with Crippen LogP contribution in [0.3, 0.4) is 0 Å². The first-order chi connectivity index (χ1) is 5.73. The number of rotatable bonds is 5. The Labute approximate surface area is 75.2 Å². The number of nitrogens with zero attached hydrogens (tertiary/aromatic N) is 1. The van der Waals surface area contributed by atoms with Crippen LogP contribution < -0.4 is 5.73 Å². The van der Waals surface area contributed by atoms with E-state index in [1.54, 1.807) is 0 Å². The number of carboxylic acids is 1. The monoisotopic (exact) mass is 210 g/mol. The van der Waals surface area contributed by atoms with Crippen molar-refractivity contribution < 1.29 is 23.1 Å². The zero-order valence-corrected chi connectivity index (χ0v) is 7.74. The van der Waals surface area contributed by atoms with Gasteiger partial charge in [-0.3, -0.25) is 9.59 Å². The number of sulfonamides is 1. The Morgan fingerprint density at radius 3 is 2.08 bits per heavy atom. The van der Waals surface area contributed by atoms with Crippen molar-refractivity contribution in [1.29, 1.82) is 0 Å². The Bertz CT molecular complexity index is 293. The minimum Gasteiger partial charge on any atom is -0.480 e.